The predicted molar refractivity (Wildman–Crippen MR) is 91.2 cm³/mol. The lowest BCUT2D eigenvalue weighted by atomic mass is 9.71. The Morgan fingerprint density at radius 2 is 2.05 bits per heavy atom. The molecule has 1 saturated carbocycles. The standard InChI is InChI=1S/C17H24IN/c1-12-6-5-8-15-14(11-18)10-13-7-3-4-9-16(13)19(2)17(12)15/h3-4,7,9,12,14-15,17H,5-6,8,10-11H2,1-2H3/t12-,14?,15?,17?/m1/s1. The Balaban J connectivity index is 2.04. The zero-order valence-corrected chi connectivity index (χ0v) is 14.1. The summed E-state index contributed by atoms with van der Waals surface area (Å²) < 4.78 is 1.30. The summed E-state index contributed by atoms with van der Waals surface area (Å²) in [5, 5.41) is 0. The normalized spacial score (nSPS) is 34.4. The van der Waals surface area contributed by atoms with Gasteiger partial charge in [0.05, 0.1) is 0 Å². The molecule has 0 spiro atoms. The quantitative estimate of drug-likeness (QED) is 0.519. The maximum atomic E-state index is 2.61. The highest BCUT2D eigenvalue weighted by Gasteiger charge is 2.40. The molecule has 2 heteroatoms. The van der Waals surface area contributed by atoms with Crippen molar-refractivity contribution in [3.8, 4) is 0 Å². The van der Waals surface area contributed by atoms with E-state index in [0.717, 1.165) is 23.8 Å². The second-order valence-electron chi connectivity index (χ2n) is 6.42. The van der Waals surface area contributed by atoms with Gasteiger partial charge < -0.3 is 4.90 Å². The molecule has 0 N–H and O–H groups in total. The number of hydrogen-bond donors (Lipinski definition) is 0. The number of para-hydroxylation sites is 1. The number of hydrogen-bond acceptors (Lipinski definition) is 1. The lowest BCUT2D eigenvalue weighted by Crippen LogP contribution is -2.47. The lowest BCUT2D eigenvalue weighted by molar-refractivity contribution is 0.180. The van der Waals surface area contributed by atoms with Crippen LogP contribution in [-0.4, -0.2) is 17.5 Å². The maximum absolute atomic E-state index is 2.61. The number of alkyl halides is 1. The van der Waals surface area contributed by atoms with Crippen molar-refractivity contribution in [3.05, 3.63) is 29.8 Å². The molecule has 2 aliphatic rings. The summed E-state index contributed by atoms with van der Waals surface area (Å²) in [6.07, 6.45) is 5.54. The van der Waals surface area contributed by atoms with Gasteiger partial charge in [-0.2, -0.15) is 0 Å². The van der Waals surface area contributed by atoms with Crippen LogP contribution < -0.4 is 4.90 Å². The van der Waals surface area contributed by atoms with Crippen molar-refractivity contribution in [2.24, 2.45) is 17.8 Å². The molecule has 0 radical (unpaired) electrons. The summed E-state index contributed by atoms with van der Waals surface area (Å²) in [6.45, 7) is 2.46. The van der Waals surface area contributed by atoms with Crippen molar-refractivity contribution < 1.29 is 0 Å². The van der Waals surface area contributed by atoms with Crippen molar-refractivity contribution in [1.29, 1.82) is 0 Å². The fraction of sp³-hybridized carbons (Fsp3) is 0.647. The molecule has 19 heavy (non-hydrogen) atoms. The van der Waals surface area contributed by atoms with Gasteiger partial charge in [0, 0.05) is 23.2 Å². The van der Waals surface area contributed by atoms with Crippen LogP contribution in [-0.2, 0) is 6.42 Å². The van der Waals surface area contributed by atoms with E-state index in [4.69, 9.17) is 0 Å². The highest BCUT2D eigenvalue weighted by Crippen LogP contribution is 2.44. The average Bonchev–Trinajstić information content (AvgIpc) is 2.55. The van der Waals surface area contributed by atoms with E-state index in [1.165, 1.54) is 35.8 Å². The Hall–Kier alpha value is -0.250. The first-order valence-corrected chi connectivity index (χ1v) is 9.11. The molecule has 1 aliphatic carbocycles. The molecule has 0 bridgehead atoms. The van der Waals surface area contributed by atoms with Crippen LogP contribution in [0.15, 0.2) is 24.3 Å². The molecule has 1 nitrogen and oxygen atoms in total. The van der Waals surface area contributed by atoms with Crippen LogP contribution >= 0.6 is 22.6 Å². The molecule has 3 unspecified atom stereocenters. The molecular formula is C17H24IN. The first-order valence-electron chi connectivity index (χ1n) is 7.59. The van der Waals surface area contributed by atoms with Crippen LogP contribution in [0.5, 0.6) is 0 Å². The number of fused-ring (bicyclic) bond motifs is 2. The van der Waals surface area contributed by atoms with Crippen LogP contribution in [0.4, 0.5) is 5.69 Å². The second-order valence-corrected chi connectivity index (χ2v) is 7.30. The van der Waals surface area contributed by atoms with Crippen LogP contribution in [0, 0.1) is 17.8 Å². The molecule has 0 saturated heterocycles. The minimum atomic E-state index is 0.747. The summed E-state index contributed by atoms with van der Waals surface area (Å²) in [5.74, 6) is 2.58. The average molecular weight is 369 g/mol. The number of anilines is 1. The Morgan fingerprint density at radius 1 is 1.26 bits per heavy atom. The van der Waals surface area contributed by atoms with Crippen LogP contribution in [0.1, 0.15) is 31.7 Å². The monoisotopic (exact) mass is 369 g/mol. The highest BCUT2D eigenvalue weighted by atomic mass is 127. The number of nitrogens with zero attached hydrogens (tertiary/aromatic N) is 1. The molecule has 104 valence electrons. The van der Waals surface area contributed by atoms with Gasteiger partial charge in [0.15, 0.2) is 0 Å². The molecule has 1 fully saturated rings. The third-order valence-electron chi connectivity index (χ3n) is 5.32. The predicted octanol–water partition coefficient (Wildman–Crippen LogP) is 4.53. The Kier molecular flexibility index (Phi) is 4.06. The van der Waals surface area contributed by atoms with Crippen molar-refractivity contribution >= 4 is 28.3 Å². The summed E-state index contributed by atoms with van der Waals surface area (Å²) in [5.41, 5.74) is 3.05. The Bertz CT molecular complexity index is 445. The molecule has 1 aromatic carbocycles. The summed E-state index contributed by atoms with van der Waals surface area (Å²) in [7, 11) is 2.33. The third kappa shape index (κ3) is 2.41. The minimum Gasteiger partial charge on any atom is -0.371 e. The van der Waals surface area contributed by atoms with E-state index >= 15 is 0 Å². The SMILES string of the molecule is C[C@@H]1CCCC2C(CI)Cc3ccccc3N(C)C21. The molecule has 4 atom stereocenters. The van der Waals surface area contributed by atoms with Crippen molar-refractivity contribution in [2.45, 2.75) is 38.6 Å². The van der Waals surface area contributed by atoms with Gasteiger partial charge in [-0.15, -0.1) is 0 Å². The number of halogens is 1. The topological polar surface area (TPSA) is 3.24 Å². The molecule has 1 heterocycles. The molecule has 3 rings (SSSR count). The maximum Gasteiger partial charge on any atom is 0.0398 e. The molecule has 0 aromatic heterocycles. The van der Waals surface area contributed by atoms with E-state index in [2.05, 4.69) is 65.7 Å². The molecule has 1 aromatic rings. The fourth-order valence-corrected chi connectivity index (χ4v) is 5.38. The first kappa shape index (κ1) is 13.7. The second kappa shape index (κ2) is 5.63. The first-order chi connectivity index (χ1) is 9.22. The Morgan fingerprint density at radius 3 is 2.84 bits per heavy atom. The minimum absolute atomic E-state index is 0.747. The van der Waals surface area contributed by atoms with Gasteiger partial charge in [0.1, 0.15) is 0 Å². The fourth-order valence-electron chi connectivity index (χ4n) is 4.41. The van der Waals surface area contributed by atoms with Crippen molar-refractivity contribution in [3.63, 3.8) is 0 Å². The van der Waals surface area contributed by atoms with Gasteiger partial charge in [-0.25, -0.2) is 0 Å². The molecule has 0 amide bonds. The smallest absolute Gasteiger partial charge is 0.0398 e. The summed E-state index contributed by atoms with van der Waals surface area (Å²) in [6, 6.07) is 9.81. The van der Waals surface area contributed by atoms with Gasteiger partial charge in [0.25, 0.3) is 0 Å². The zero-order valence-electron chi connectivity index (χ0n) is 12.0. The van der Waals surface area contributed by atoms with Crippen LogP contribution in [0.25, 0.3) is 0 Å². The van der Waals surface area contributed by atoms with Gasteiger partial charge in [-0.05, 0) is 48.6 Å². The van der Waals surface area contributed by atoms with E-state index in [1.54, 1.807) is 5.56 Å². The van der Waals surface area contributed by atoms with E-state index in [1.807, 2.05) is 0 Å². The van der Waals surface area contributed by atoms with Crippen LogP contribution in [0.3, 0.4) is 0 Å². The van der Waals surface area contributed by atoms with Crippen molar-refractivity contribution in [2.75, 3.05) is 16.4 Å². The van der Waals surface area contributed by atoms with Gasteiger partial charge in [0.2, 0.25) is 0 Å². The molecular weight excluding hydrogens is 345 g/mol. The number of benzene rings is 1. The van der Waals surface area contributed by atoms with Crippen LogP contribution in [0.2, 0.25) is 0 Å². The van der Waals surface area contributed by atoms with E-state index in [-0.39, 0.29) is 0 Å². The third-order valence-corrected chi connectivity index (χ3v) is 6.45. The Labute approximate surface area is 130 Å². The summed E-state index contributed by atoms with van der Waals surface area (Å²) in [4.78, 5) is 2.61. The van der Waals surface area contributed by atoms with E-state index in [9.17, 15) is 0 Å². The van der Waals surface area contributed by atoms with Gasteiger partial charge in [-0.3, -0.25) is 0 Å². The lowest BCUT2D eigenvalue weighted by Gasteiger charge is -2.44. The van der Waals surface area contributed by atoms with E-state index < -0.39 is 0 Å². The largest absolute Gasteiger partial charge is 0.371 e. The number of rotatable bonds is 1. The van der Waals surface area contributed by atoms with E-state index in [0.29, 0.717) is 0 Å². The van der Waals surface area contributed by atoms with Gasteiger partial charge in [-0.1, -0.05) is 54.1 Å². The highest BCUT2D eigenvalue weighted by molar-refractivity contribution is 14.1. The zero-order chi connectivity index (χ0) is 13.4. The summed E-state index contributed by atoms with van der Waals surface area (Å²) >= 11 is 2.61. The van der Waals surface area contributed by atoms with Crippen molar-refractivity contribution in [1.82, 2.24) is 0 Å². The van der Waals surface area contributed by atoms with Gasteiger partial charge >= 0.3 is 0 Å². The molecule has 1 aliphatic heterocycles.